The zero-order valence-corrected chi connectivity index (χ0v) is 9.39. The van der Waals surface area contributed by atoms with Gasteiger partial charge in [0.15, 0.2) is 0 Å². The average molecular weight is 271 g/mol. The topological polar surface area (TPSA) is 72.6 Å². The Kier molecular flexibility index (Phi) is 3.71. The number of halogens is 1. The van der Waals surface area contributed by atoms with Crippen LogP contribution in [-0.2, 0) is 4.79 Å². The molecule has 15 heavy (non-hydrogen) atoms. The van der Waals surface area contributed by atoms with Gasteiger partial charge in [-0.2, -0.15) is 4.99 Å². The predicted molar refractivity (Wildman–Crippen MR) is 57.3 cm³/mol. The Bertz CT molecular complexity index is 441. The van der Waals surface area contributed by atoms with Gasteiger partial charge < -0.3 is 0 Å². The summed E-state index contributed by atoms with van der Waals surface area (Å²) >= 11 is 3.19. The van der Waals surface area contributed by atoms with Gasteiger partial charge >= 0.3 is 0 Å². The van der Waals surface area contributed by atoms with Gasteiger partial charge in [-0.15, -0.1) is 0 Å². The maximum atomic E-state index is 10.5. The molecule has 1 unspecified atom stereocenters. The lowest BCUT2D eigenvalue weighted by Crippen LogP contribution is -1.93. The first-order valence-electron chi connectivity index (χ1n) is 4.07. The van der Waals surface area contributed by atoms with Crippen molar-refractivity contribution >= 4 is 27.7 Å². The number of isocyanates is 1. The van der Waals surface area contributed by atoms with E-state index in [1.807, 2.05) is 0 Å². The van der Waals surface area contributed by atoms with Gasteiger partial charge in [-0.1, -0.05) is 15.9 Å². The minimum atomic E-state index is -0.484. The van der Waals surface area contributed by atoms with E-state index in [1.165, 1.54) is 18.2 Å². The highest BCUT2D eigenvalue weighted by molar-refractivity contribution is 9.10. The summed E-state index contributed by atoms with van der Waals surface area (Å²) in [5, 5.41) is 10.5. The quantitative estimate of drug-likeness (QED) is 0.367. The molecular formula is C9H7BrN2O3. The fraction of sp³-hybridized carbons (Fsp3) is 0.222. The molecule has 5 nitrogen and oxygen atoms in total. The number of aliphatic imine (C=N–C) groups is 1. The zero-order valence-electron chi connectivity index (χ0n) is 7.81. The minimum Gasteiger partial charge on any atom is -0.258 e. The second kappa shape index (κ2) is 4.82. The first kappa shape index (κ1) is 11.6. The lowest BCUT2D eigenvalue weighted by atomic mass is 10.1. The van der Waals surface area contributed by atoms with Crippen LogP contribution in [-0.4, -0.2) is 11.0 Å². The molecule has 0 heterocycles. The van der Waals surface area contributed by atoms with Gasteiger partial charge in [-0.25, -0.2) is 4.79 Å². The van der Waals surface area contributed by atoms with Crippen molar-refractivity contribution in [2.45, 2.75) is 13.0 Å². The minimum absolute atomic E-state index is 0.00657. The standard InChI is InChI=1S/C9H7BrN2O3/c1-6(11-5-13)8-3-2-7(12(14)15)4-9(8)10/h2-4,6H,1H3. The number of carbonyl (C=O) groups excluding carboxylic acids is 1. The first-order valence-corrected chi connectivity index (χ1v) is 4.86. The predicted octanol–water partition coefficient (Wildman–Crippen LogP) is 2.75. The van der Waals surface area contributed by atoms with Crippen LogP contribution in [0.2, 0.25) is 0 Å². The molecule has 1 rings (SSSR count). The summed E-state index contributed by atoms with van der Waals surface area (Å²) in [6, 6.07) is 3.95. The van der Waals surface area contributed by atoms with Gasteiger partial charge in [0, 0.05) is 16.6 Å². The number of nitro groups is 1. The van der Waals surface area contributed by atoms with E-state index < -0.39 is 4.92 Å². The van der Waals surface area contributed by atoms with Gasteiger partial charge in [0.05, 0.1) is 11.0 Å². The molecule has 0 aliphatic rings. The normalized spacial score (nSPS) is 11.6. The lowest BCUT2D eigenvalue weighted by molar-refractivity contribution is -0.384. The van der Waals surface area contributed by atoms with Crippen LogP contribution in [0, 0.1) is 10.1 Å². The SMILES string of the molecule is CC(N=C=O)c1ccc([N+](=O)[O-])cc1Br. The Morgan fingerprint density at radius 1 is 1.60 bits per heavy atom. The van der Waals surface area contributed by atoms with Gasteiger partial charge in [0.25, 0.3) is 5.69 Å². The van der Waals surface area contributed by atoms with Crippen LogP contribution in [0.4, 0.5) is 5.69 Å². The van der Waals surface area contributed by atoms with Crippen LogP contribution >= 0.6 is 15.9 Å². The molecule has 6 heteroatoms. The van der Waals surface area contributed by atoms with Crippen molar-refractivity contribution in [2.75, 3.05) is 0 Å². The third-order valence-corrected chi connectivity index (χ3v) is 2.58. The van der Waals surface area contributed by atoms with Crippen molar-refractivity contribution in [2.24, 2.45) is 4.99 Å². The Balaban J connectivity index is 3.13. The fourth-order valence-electron chi connectivity index (χ4n) is 1.12. The van der Waals surface area contributed by atoms with E-state index in [2.05, 4.69) is 20.9 Å². The van der Waals surface area contributed by atoms with Crippen LogP contribution in [0.1, 0.15) is 18.5 Å². The van der Waals surface area contributed by atoms with E-state index in [4.69, 9.17) is 0 Å². The number of nitro benzene ring substituents is 1. The monoisotopic (exact) mass is 270 g/mol. The fourth-order valence-corrected chi connectivity index (χ4v) is 1.82. The first-order chi connectivity index (χ1) is 7.06. The largest absolute Gasteiger partial charge is 0.270 e. The molecule has 0 aliphatic carbocycles. The van der Waals surface area contributed by atoms with E-state index in [-0.39, 0.29) is 11.7 Å². The van der Waals surface area contributed by atoms with Crippen molar-refractivity contribution in [1.29, 1.82) is 0 Å². The summed E-state index contributed by atoms with van der Waals surface area (Å²) in [5.74, 6) is 0. The number of hydrogen-bond donors (Lipinski definition) is 0. The van der Waals surface area contributed by atoms with Gasteiger partial charge in [-0.05, 0) is 18.6 Å². The van der Waals surface area contributed by atoms with Gasteiger partial charge in [0.1, 0.15) is 0 Å². The Hall–Kier alpha value is -1.52. The maximum absolute atomic E-state index is 10.5. The van der Waals surface area contributed by atoms with Crippen LogP contribution in [0.15, 0.2) is 27.7 Å². The van der Waals surface area contributed by atoms with E-state index in [1.54, 1.807) is 13.0 Å². The van der Waals surface area contributed by atoms with Crippen LogP contribution < -0.4 is 0 Å². The molecule has 0 bridgehead atoms. The molecular weight excluding hydrogens is 264 g/mol. The Morgan fingerprint density at radius 3 is 2.73 bits per heavy atom. The van der Waals surface area contributed by atoms with Crippen molar-refractivity contribution in [3.63, 3.8) is 0 Å². The molecule has 0 spiro atoms. The third-order valence-electron chi connectivity index (χ3n) is 1.89. The number of non-ortho nitro benzene ring substituents is 1. The molecule has 0 radical (unpaired) electrons. The number of benzene rings is 1. The van der Waals surface area contributed by atoms with Crippen molar-refractivity contribution in [3.8, 4) is 0 Å². The zero-order chi connectivity index (χ0) is 11.4. The summed E-state index contributed by atoms with van der Waals surface area (Å²) in [5.41, 5.74) is 0.705. The highest BCUT2D eigenvalue weighted by Crippen LogP contribution is 2.28. The molecule has 0 saturated carbocycles. The molecule has 78 valence electrons. The van der Waals surface area contributed by atoms with E-state index in [0.29, 0.717) is 10.0 Å². The molecule has 0 fully saturated rings. The summed E-state index contributed by atoms with van der Waals surface area (Å²) in [6.07, 6.45) is 1.45. The Labute approximate surface area is 94.1 Å². The third kappa shape index (κ3) is 2.71. The second-order valence-corrected chi connectivity index (χ2v) is 3.71. The van der Waals surface area contributed by atoms with Gasteiger partial charge in [0.2, 0.25) is 6.08 Å². The van der Waals surface area contributed by atoms with E-state index in [9.17, 15) is 14.9 Å². The number of hydrogen-bond acceptors (Lipinski definition) is 4. The maximum Gasteiger partial charge on any atom is 0.270 e. The lowest BCUT2D eigenvalue weighted by Gasteiger charge is -2.06. The van der Waals surface area contributed by atoms with E-state index >= 15 is 0 Å². The molecule has 1 atom stereocenters. The Morgan fingerprint density at radius 2 is 2.27 bits per heavy atom. The average Bonchev–Trinajstić information content (AvgIpc) is 2.17. The van der Waals surface area contributed by atoms with Crippen LogP contribution in [0.5, 0.6) is 0 Å². The molecule has 1 aromatic carbocycles. The van der Waals surface area contributed by atoms with Crippen molar-refractivity contribution < 1.29 is 9.72 Å². The molecule has 0 saturated heterocycles. The molecule has 0 aromatic heterocycles. The number of nitrogens with zero attached hydrogens (tertiary/aromatic N) is 2. The van der Waals surface area contributed by atoms with E-state index in [0.717, 1.165) is 0 Å². The summed E-state index contributed by atoms with van der Waals surface area (Å²) in [6.45, 7) is 1.71. The van der Waals surface area contributed by atoms with Crippen molar-refractivity contribution in [3.05, 3.63) is 38.3 Å². The highest BCUT2D eigenvalue weighted by Gasteiger charge is 2.12. The van der Waals surface area contributed by atoms with Crippen LogP contribution in [0.3, 0.4) is 0 Å². The highest BCUT2D eigenvalue weighted by atomic mass is 79.9. The molecule has 0 aliphatic heterocycles. The van der Waals surface area contributed by atoms with Crippen molar-refractivity contribution in [1.82, 2.24) is 0 Å². The van der Waals surface area contributed by atoms with Gasteiger partial charge in [-0.3, -0.25) is 10.1 Å². The summed E-state index contributed by atoms with van der Waals surface area (Å²) in [7, 11) is 0. The number of rotatable bonds is 3. The molecule has 1 aromatic rings. The second-order valence-electron chi connectivity index (χ2n) is 2.86. The van der Waals surface area contributed by atoms with Crippen LogP contribution in [0.25, 0.3) is 0 Å². The molecule has 0 amide bonds. The molecule has 0 N–H and O–H groups in total. The summed E-state index contributed by atoms with van der Waals surface area (Å²) < 4.78 is 0.559. The summed E-state index contributed by atoms with van der Waals surface area (Å²) in [4.78, 5) is 23.6. The smallest absolute Gasteiger partial charge is 0.258 e.